The van der Waals surface area contributed by atoms with E-state index in [2.05, 4.69) is 15.6 Å². The van der Waals surface area contributed by atoms with Crippen LogP contribution in [0, 0.1) is 5.82 Å². The van der Waals surface area contributed by atoms with Crippen LogP contribution in [0.2, 0.25) is 0 Å². The highest BCUT2D eigenvalue weighted by molar-refractivity contribution is 6.08. The third-order valence-corrected chi connectivity index (χ3v) is 5.74. The van der Waals surface area contributed by atoms with E-state index in [1.807, 2.05) is 6.92 Å². The molecule has 0 spiro atoms. The molecule has 0 radical (unpaired) electrons. The number of hydrogen-bond acceptors (Lipinski definition) is 5. The Bertz CT molecular complexity index is 1500. The number of nitrogens with zero attached hydrogens (tertiary/aromatic N) is 2. The van der Waals surface area contributed by atoms with Gasteiger partial charge in [0, 0.05) is 23.9 Å². The summed E-state index contributed by atoms with van der Waals surface area (Å²) in [4.78, 5) is 42.6. The maximum Gasteiger partial charge on any atom is 0.323 e. The summed E-state index contributed by atoms with van der Waals surface area (Å²) in [5.41, 5.74) is 2.29. The number of rotatable bonds is 7. The third kappa shape index (κ3) is 5.16. The highest BCUT2D eigenvalue weighted by Gasteiger charge is 2.19. The zero-order valence-electron chi connectivity index (χ0n) is 20.0. The minimum atomic E-state index is -0.574. The predicted molar refractivity (Wildman–Crippen MR) is 137 cm³/mol. The van der Waals surface area contributed by atoms with Gasteiger partial charge in [-0.1, -0.05) is 24.3 Å². The first-order chi connectivity index (χ1) is 17.3. The Morgan fingerprint density at radius 2 is 1.83 bits per heavy atom. The van der Waals surface area contributed by atoms with Gasteiger partial charge >= 0.3 is 6.03 Å². The van der Waals surface area contributed by atoms with E-state index in [0.29, 0.717) is 40.2 Å². The van der Waals surface area contributed by atoms with Crippen LogP contribution in [-0.2, 0) is 4.74 Å². The fourth-order valence-electron chi connectivity index (χ4n) is 3.98. The van der Waals surface area contributed by atoms with Crippen molar-refractivity contribution in [2.45, 2.75) is 19.9 Å². The molecule has 0 saturated heterocycles. The van der Waals surface area contributed by atoms with E-state index in [0.717, 1.165) is 0 Å². The summed E-state index contributed by atoms with van der Waals surface area (Å²) in [5.74, 6) is -0.556. The fraction of sp³-hybridized carbons (Fsp3) is 0.185. The van der Waals surface area contributed by atoms with Crippen molar-refractivity contribution in [3.8, 4) is 11.1 Å². The van der Waals surface area contributed by atoms with Gasteiger partial charge in [0.15, 0.2) is 5.78 Å². The molecule has 4 aromatic rings. The number of amides is 2. The van der Waals surface area contributed by atoms with E-state index in [9.17, 15) is 18.8 Å². The first-order valence-corrected chi connectivity index (χ1v) is 11.3. The van der Waals surface area contributed by atoms with E-state index in [-0.39, 0.29) is 22.8 Å². The standard InChI is InChI=1S/C27H25FN4O4/c1-16(14-36-3)32-15-29-22-11-12-23(24(25(22)26(32)34)18-7-9-20(28)10-8-18)31-27(35)30-21-6-4-5-19(13-21)17(2)33/h4-13,15-16H,14H2,1-3H3,(H2,30,31,35). The average molecular weight is 489 g/mol. The normalized spacial score (nSPS) is 11.8. The molecule has 184 valence electrons. The van der Waals surface area contributed by atoms with Crippen LogP contribution in [0.25, 0.3) is 22.0 Å². The van der Waals surface area contributed by atoms with Gasteiger partial charge in [0.05, 0.1) is 35.6 Å². The Morgan fingerprint density at radius 1 is 1.08 bits per heavy atom. The largest absolute Gasteiger partial charge is 0.383 e. The number of aromatic nitrogens is 2. The molecular formula is C27H25FN4O4. The van der Waals surface area contributed by atoms with Crippen molar-refractivity contribution >= 4 is 34.1 Å². The molecule has 9 heteroatoms. The number of ketones is 1. The number of nitrogens with one attached hydrogen (secondary N) is 2. The van der Waals surface area contributed by atoms with Crippen LogP contribution in [0.4, 0.5) is 20.6 Å². The minimum Gasteiger partial charge on any atom is -0.383 e. The summed E-state index contributed by atoms with van der Waals surface area (Å²) in [6.45, 7) is 3.58. The number of urea groups is 1. The second-order valence-electron chi connectivity index (χ2n) is 8.37. The van der Waals surface area contributed by atoms with Gasteiger partial charge in [-0.05, 0) is 55.8 Å². The summed E-state index contributed by atoms with van der Waals surface area (Å²) in [5, 5.41) is 5.77. The summed E-state index contributed by atoms with van der Waals surface area (Å²) in [6.07, 6.45) is 1.46. The molecule has 1 aromatic heterocycles. The lowest BCUT2D eigenvalue weighted by Gasteiger charge is -2.18. The molecule has 0 aliphatic rings. The average Bonchev–Trinajstić information content (AvgIpc) is 2.85. The van der Waals surface area contributed by atoms with Crippen LogP contribution in [0.15, 0.2) is 71.8 Å². The van der Waals surface area contributed by atoms with Crippen molar-refractivity contribution in [1.82, 2.24) is 9.55 Å². The van der Waals surface area contributed by atoms with Crippen LogP contribution < -0.4 is 16.2 Å². The summed E-state index contributed by atoms with van der Waals surface area (Å²) < 4.78 is 20.4. The van der Waals surface area contributed by atoms with E-state index in [4.69, 9.17) is 4.74 Å². The fourth-order valence-corrected chi connectivity index (χ4v) is 3.98. The third-order valence-electron chi connectivity index (χ3n) is 5.74. The maximum atomic E-state index is 13.7. The van der Waals surface area contributed by atoms with Crippen LogP contribution >= 0.6 is 0 Å². The van der Waals surface area contributed by atoms with Crippen LogP contribution in [0.1, 0.15) is 30.2 Å². The molecule has 0 aliphatic heterocycles. The Kier molecular flexibility index (Phi) is 7.21. The predicted octanol–water partition coefficient (Wildman–Crippen LogP) is 5.26. The Morgan fingerprint density at radius 3 is 2.53 bits per heavy atom. The zero-order chi connectivity index (χ0) is 25.8. The van der Waals surface area contributed by atoms with Crippen molar-refractivity contribution in [3.63, 3.8) is 0 Å². The zero-order valence-corrected chi connectivity index (χ0v) is 20.0. The van der Waals surface area contributed by atoms with E-state index < -0.39 is 11.8 Å². The number of ether oxygens (including phenoxy) is 1. The molecule has 0 aliphatic carbocycles. The number of benzene rings is 3. The lowest BCUT2D eigenvalue weighted by atomic mass is 9.98. The van der Waals surface area contributed by atoms with Gasteiger partial charge in [0.2, 0.25) is 0 Å². The van der Waals surface area contributed by atoms with Crippen molar-refractivity contribution in [2.24, 2.45) is 0 Å². The molecule has 0 fully saturated rings. The Labute approximate surface area is 206 Å². The molecule has 1 unspecified atom stereocenters. The van der Waals surface area contributed by atoms with Gasteiger partial charge in [0.25, 0.3) is 5.56 Å². The van der Waals surface area contributed by atoms with E-state index in [1.54, 1.807) is 55.6 Å². The molecule has 2 amide bonds. The van der Waals surface area contributed by atoms with Gasteiger partial charge in [0.1, 0.15) is 5.82 Å². The number of Topliss-reactive ketones (excluding diaryl/α,β-unsaturated/α-hetero) is 1. The first kappa shape index (κ1) is 24.7. The monoisotopic (exact) mass is 488 g/mol. The van der Waals surface area contributed by atoms with E-state index in [1.165, 1.54) is 30.0 Å². The SMILES string of the molecule is COCC(C)n1cnc2ccc(NC(=O)Nc3cccc(C(C)=O)c3)c(-c3ccc(F)cc3)c2c1=O. The van der Waals surface area contributed by atoms with Crippen LogP contribution in [-0.4, -0.2) is 35.1 Å². The van der Waals surface area contributed by atoms with Crippen LogP contribution in [0.3, 0.4) is 0 Å². The van der Waals surface area contributed by atoms with Gasteiger partial charge in [-0.25, -0.2) is 14.2 Å². The van der Waals surface area contributed by atoms with Gasteiger partial charge in [-0.2, -0.15) is 0 Å². The van der Waals surface area contributed by atoms with Gasteiger partial charge < -0.3 is 15.4 Å². The Hall–Kier alpha value is -4.37. The van der Waals surface area contributed by atoms with E-state index >= 15 is 0 Å². The van der Waals surface area contributed by atoms with Crippen LogP contribution in [0.5, 0.6) is 0 Å². The highest BCUT2D eigenvalue weighted by Crippen LogP contribution is 2.34. The van der Waals surface area contributed by atoms with Crippen molar-refractivity contribution in [3.05, 3.63) is 88.7 Å². The van der Waals surface area contributed by atoms with Crippen molar-refractivity contribution in [1.29, 1.82) is 0 Å². The smallest absolute Gasteiger partial charge is 0.323 e. The number of carbonyl (C=O) groups is 2. The molecule has 1 heterocycles. The van der Waals surface area contributed by atoms with Crippen molar-refractivity contribution < 1.29 is 18.7 Å². The molecule has 4 rings (SSSR count). The molecule has 36 heavy (non-hydrogen) atoms. The molecule has 0 saturated carbocycles. The maximum absolute atomic E-state index is 13.7. The topological polar surface area (TPSA) is 102 Å². The molecule has 8 nitrogen and oxygen atoms in total. The molecule has 2 N–H and O–H groups in total. The second-order valence-corrected chi connectivity index (χ2v) is 8.37. The number of carbonyl (C=O) groups excluding carboxylic acids is 2. The van der Waals surface area contributed by atoms with Gasteiger partial charge in [-0.3, -0.25) is 14.2 Å². The number of fused-ring (bicyclic) bond motifs is 1. The highest BCUT2D eigenvalue weighted by atomic mass is 19.1. The first-order valence-electron chi connectivity index (χ1n) is 11.3. The summed E-state index contributed by atoms with van der Waals surface area (Å²) in [6, 6.07) is 14.6. The molecule has 1 atom stereocenters. The molecule has 0 bridgehead atoms. The molecular weight excluding hydrogens is 463 g/mol. The van der Waals surface area contributed by atoms with Crippen molar-refractivity contribution in [2.75, 3.05) is 24.4 Å². The number of halogens is 1. The number of hydrogen-bond donors (Lipinski definition) is 2. The minimum absolute atomic E-state index is 0.126. The van der Waals surface area contributed by atoms with Gasteiger partial charge in [-0.15, -0.1) is 0 Å². The lowest BCUT2D eigenvalue weighted by Crippen LogP contribution is -2.27. The Balaban J connectivity index is 1.81. The second kappa shape index (κ2) is 10.5. The number of anilines is 2. The molecule has 3 aromatic carbocycles. The summed E-state index contributed by atoms with van der Waals surface area (Å²) >= 11 is 0. The lowest BCUT2D eigenvalue weighted by molar-refractivity contribution is 0.101. The summed E-state index contributed by atoms with van der Waals surface area (Å²) in [7, 11) is 1.55. The quantitative estimate of drug-likeness (QED) is 0.346. The number of methoxy groups -OCH3 is 1.